The van der Waals surface area contributed by atoms with Crippen LogP contribution in [0.15, 0.2) is 94.4 Å². The number of hydrogen-bond acceptors (Lipinski definition) is 5. The van der Waals surface area contributed by atoms with E-state index >= 15 is 0 Å². The molecule has 0 saturated carbocycles. The first kappa shape index (κ1) is 26.0. The maximum atomic E-state index is 13.1. The number of hydrogen-bond donors (Lipinski definition) is 2. The van der Waals surface area contributed by atoms with Crippen LogP contribution in [0.4, 0.5) is 17.1 Å². The van der Waals surface area contributed by atoms with Gasteiger partial charge in [-0.2, -0.15) is 0 Å². The van der Waals surface area contributed by atoms with Crippen molar-refractivity contribution in [3.8, 4) is 5.69 Å². The average Bonchev–Trinajstić information content (AvgIpc) is 3.27. The third kappa shape index (κ3) is 4.73. The maximum Gasteiger partial charge on any atom is 0.295 e. The van der Waals surface area contributed by atoms with Crippen LogP contribution in [0.25, 0.3) is 5.69 Å². The number of para-hydroxylation sites is 1. The first-order chi connectivity index (χ1) is 18.7. The van der Waals surface area contributed by atoms with Crippen LogP contribution in [0, 0.1) is 6.92 Å². The van der Waals surface area contributed by atoms with Gasteiger partial charge in [0, 0.05) is 23.3 Å². The summed E-state index contributed by atoms with van der Waals surface area (Å²) in [5.74, 6) is -1.80. The zero-order chi connectivity index (χ0) is 27.8. The lowest BCUT2D eigenvalue weighted by molar-refractivity contribution is -0.120. The molecule has 1 aliphatic heterocycles. The largest absolute Gasteiger partial charge is 0.350 e. The maximum absolute atomic E-state index is 13.1. The van der Waals surface area contributed by atoms with E-state index in [4.69, 9.17) is 23.2 Å². The van der Waals surface area contributed by atoms with E-state index in [1.54, 1.807) is 61.1 Å². The third-order valence-corrected chi connectivity index (χ3v) is 6.89. The Morgan fingerprint density at radius 1 is 0.821 bits per heavy atom. The number of halogens is 2. The Morgan fingerprint density at radius 2 is 1.49 bits per heavy atom. The molecule has 0 aliphatic carbocycles. The topological polar surface area (TPSA) is 105 Å². The second-order valence-corrected chi connectivity index (χ2v) is 9.52. The first-order valence-electron chi connectivity index (χ1n) is 11.7. The molecule has 2 heterocycles. The highest BCUT2D eigenvalue weighted by Gasteiger charge is 2.39. The lowest BCUT2D eigenvalue weighted by Crippen LogP contribution is -2.32. The molecule has 0 spiro atoms. The number of rotatable bonds is 6. The molecule has 0 atom stereocenters. The van der Waals surface area contributed by atoms with Crippen molar-refractivity contribution in [1.82, 2.24) is 9.36 Å². The predicted molar refractivity (Wildman–Crippen MR) is 151 cm³/mol. The Bertz CT molecular complexity index is 1720. The van der Waals surface area contributed by atoms with Gasteiger partial charge in [0.2, 0.25) is 0 Å². The molecular weight excluding hydrogens is 541 g/mol. The highest BCUT2D eigenvalue weighted by atomic mass is 35.5. The van der Waals surface area contributed by atoms with E-state index in [-0.39, 0.29) is 27.5 Å². The number of amides is 3. The molecule has 3 amide bonds. The van der Waals surface area contributed by atoms with Crippen LogP contribution in [-0.2, 0) is 16.6 Å². The van der Waals surface area contributed by atoms with E-state index in [2.05, 4.69) is 10.6 Å². The van der Waals surface area contributed by atoms with Crippen LogP contribution in [0.3, 0.4) is 0 Å². The Balaban J connectivity index is 1.33. The minimum Gasteiger partial charge on any atom is -0.350 e. The molecule has 5 rings (SSSR count). The summed E-state index contributed by atoms with van der Waals surface area (Å²) < 4.78 is 3.15. The molecule has 9 nitrogen and oxygen atoms in total. The molecule has 1 aliphatic rings. The molecule has 1 aromatic heterocycles. The second-order valence-electron chi connectivity index (χ2n) is 8.71. The van der Waals surface area contributed by atoms with Crippen molar-refractivity contribution in [2.24, 2.45) is 7.05 Å². The van der Waals surface area contributed by atoms with Crippen LogP contribution in [0.5, 0.6) is 0 Å². The van der Waals surface area contributed by atoms with Crippen molar-refractivity contribution < 1.29 is 14.4 Å². The molecule has 0 unspecified atom stereocenters. The Morgan fingerprint density at radius 3 is 2.15 bits per heavy atom. The van der Waals surface area contributed by atoms with Gasteiger partial charge in [-0.05, 0) is 61.5 Å². The summed E-state index contributed by atoms with van der Waals surface area (Å²) in [5, 5.41) is 5.67. The smallest absolute Gasteiger partial charge is 0.295 e. The minimum atomic E-state index is -0.679. The van der Waals surface area contributed by atoms with Crippen molar-refractivity contribution in [2.45, 2.75) is 6.92 Å². The van der Waals surface area contributed by atoms with Crippen LogP contribution in [0.1, 0.15) is 16.1 Å². The van der Waals surface area contributed by atoms with Crippen LogP contribution in [0.2, 0.25) is 5.02 Å². The summed E-state index contributed by atoms with van der Waals surface area (Å²) in [7, 11) is 1.74. The summed E-state index contributed by atoms with van der Waals surface area (Å²) in [4.78, 5) is 52.6. The number of carbonyl (C=O) groups excluding carboxylic acids is 3. The molecule has 3 aromatic carbocycles. The summed E-state index contributed by atoms with van der Waals surface area (Å²) in [6, 6.07) is 21.6. The second kappa shape index (κ2) is 10.3. The number of imide groups is 1. The SMILES string of the molecule is Cc1c(NC(=O)c2ccc(NC3=C(Cl)C(=O)N(c4cccc(Cl)c4)C3=O)cc2)c(=O)n(-c2ccccc2)n1C. The third-order valence-electron chi connectivity index (χ3n) is 6.30. The molecule has 11 heteroatoms. The lowest BCUT2D eigenvalue weighted by Gasteiger charge is -2.15. The van der Waals surface area contributed by atoms with Gasteiger partial charge >= 0.3 is 0 Å². The molecule has 2 N–H and O–H groups in total. The number of benzene rings is 3. The van der Waals surface area contributed by atoms with Crippen molar-refractivity contribution in [1.29, 1.82) is 0 Å². The van der Waals surface area contributed by atoms with E-state index in [0.717, 1.165) is 4.90 Å². The minimum absolute atomic E-state index is 0.0970. The van der Waals surface area contributed by atoms with Gasteiger partial charge in [-0.25, -0.2) is 9.58 Å². The van der Waals surface area contributed by atoms with Gasteiger partial charge in [0.1, 0.15) is 16.4 Å². The number of aromatic nitrogens is 2. The van der Waals surface area contributed by atoms with Crippen molar-refractivity contribution in [3.05, 3.63) is 116 Å². The Kier molecular flexibility index (Phi) is 6.86. The molecule has 4 aromatic rings. The van der Waals surface area contributed by atoms with Gasteiger partial charge in [-0.3, -0.25) is 23.9 Å². The van der Waals surface area contributed by atoms with Gasteiger partial charge in [0.05, 0.1) is 17.1 Å². The molecular formula is C28H21Cl2N5O4. The predicted octanol–water partition coefficient (Wildman–Crippen LogP) is 4.83. The van der Waals surface area contributed by atoms with Crippen molar-refractivity contribution in [2.75, 3.05) is 15.5 Å². The molecule has 39 heavy (non-hydrogen) atoms. The van der Waals surface area contributed by atoms with Crippen molar-refractivity contribution >= 4 is 58.0 Å². The number of carbonyl (C=O) groups is 3. The molecule has 0 fully saturated rings. The van der Waals surface area contributed by atoms with E-state index in [1.165, 1.54) is 22.9 Å². The molecule has 196 valence electrons. The van der Waals surface area contributed by atoms with Crippen molar-refractivity contribution in [3.63, 3.8) is 0 Å². The van der Waals surface area contributed by atoms with E-state index < -0.39 is 17.7 Å². The zero-order valence-electron chi connectivity index (χ0n) is 20.7. The van der Waals surface area contributed by atoms with E-state index in [0.29, 0.717) is 27.8 Å². The summed E-state index contributed by atoms with van der Waals surface area (Å²) in [6.45, 7) is 1.74. The summed E-state index contributed by atoms with van der Waals surface area (Å²) >= 11 is 12.2. The van der Waals surface area contributed by atoms with E-state index in [9.17, 15) is 19.2 Å². The summed E-state index contributed by atoms with van der Waals surface area (Å²) in [6.07, 6.45) is 0. The Hall–Kier alpha value is -4.60. The average molecular weight is 562 g/mol. The quantitative estimate of drug-likeness (QED) is 0.328. The highest BCUT2D eigenvalue weighted by Crippen LogP contribution is 2.31. The lowest BCUT2D eigenvalue weighted by atomic mass is 10.2. The standard InChI is InChI=1S/C28H21Cl2N5O4/c1-16-23(28(39)35(33(16)2)20-8-4-3-5-9-20)32-25(36)17-11-13-19(14-12-17)31-24-22(30)26(37)34(27(24)38)21-10-6-7-18(29)15-21/h3-15,31H,1-2H3,(H,32,36). The van der Waals surface area contributed by atoms with Gasteiger partial charge in [0.25, 0.3) is 23.3 Å². The molecule has 0 radical (unpaired) electrons. The molecule has 0 bridgehead atoms. The van der Waals surface area contributed by atoms with E-state index in [1.807, 2.05) is 18.2 Å². The number of anilines is 3. The van der Waals surface area contributed by atoms with Crippen LogP contribution >= 0.6 is 23.2 Å². The zero-order valence-corrected chi connectivity index (χ0v) is 22.2. The number of nitrogens with one attached hydrogen (secondary N) is 2. The van der Waals surface area contributed by atoms with Crippen LogP contribution in [-0.4, -0.2) is 27.1 Å². The normalized spacial score (nSPS) is 13.3. The fourth-order valence-corrected chi connectivity index (χ4v) is 4.61. The summed E-state index contributed by atoms with van der Waals surface area (Å²) in [5.41, 5.74) is 1.98. The Labute approximate surface area is 232 Å². The van der Waals surface area contributed by atoms with Crippen LogP contribution < -0.4 is 21.1 Å². The van der Waals surface area contributed by atoms with Gasteiger partial charge in [-0.1, -0.05) is 47.5 Å². The van der Waals surface area contributed by atoms with Gasteiger partial charge < -0.3 is 10.6 Å². The monoisotopic (exact) mass is 561 g/mol. The fourth-order valence-electron chi connectivity index (χ4n) is 4.21. The van der Waals surface area contributed by atoms with Gasteiger partial charge in [0.15, 0.2) is 0 Å². The molecule has 0 saturated heterocycles. The van der Waals surface area contributed by atoms with Gasteiger partial charge in [-0.15, -0.1) is 0 Å². The fraction of sp³-hybridized carbons (Fsp3) is 0.0714. The first-order valence-corrected chi connectivity index (χ1v) is 12.5. The highest BCUT2D eigenvalue weighted by molar-refractivity contribution is 6.53. The number of nitrogens with zero attached hydrogens (tertiary/aromatic N) is 3.